The number of hydrogen-bond donors (Lipinski definition) is 0. The minimum Gasteiger partial charge on any atom is -0.350 e. The van der Waals surface area contributed by atoms with Crippen LogP contribution in [0.2, 0.25) is 0 Å². The summed E-state index contributed by atoms with van der Waals surface area (Å²) in [6, 6.07) is 9.63. The molecule has 118 valence electrons. The van der Waals surface area contributed by atoms with Gasteiger partial charge in [-0.25, -0.2) is 0 Å². The molecule has 0 aliphatic carbocycles. The molecule has 0 bridgehead atoms. The van der Waals surface area contributed by atoms with E-state index in [0.717, 1.165) is 40.3 Å². The SMILES string of the molecule is O=c1c2cn3c(c2cnn1-c1cccc2ncccc12)CCCC3. The first-order valence-corrected chi connectivity index (χ1v) is 8.27. The molecule has 24 heavy (non-hydrogen) atoms. The Morgan fingerprint density at radius 3 is 2.92 bits per heavy atom. The van der Waals surface area contributed by atoms with Gasteiger partial charge in [0.1, 0.15) is 0 Å². The van der Waals surface area contributed by atoms with Crippen molar-refractivity contribution < 1.29 is 0 Å². The number of benzene rings is 1. The maximum absolute atomic E-state index is 13.1. The van der Waals surface area contributed by atoms with E-state index in [2.05, 4.69) is 14.6 Å². The van der Waals surface area contributed by atoms with Crippen LogP contribution in [0.1, 0.15) is 18.5 Å². The Hall–Kier alpha value is -2.95. The van der Waals surface area contributed by atoms with E-state index in [4.69, 9.17) is 0 Å². The van der Waals surface area contributed by atoms with E-state index < -0.39 is 0 Å². The average molecular weight is 316 g/mol. The molecule has 0 atom stereocenters. The summed E-state index contributed by atoms with van der Waals surface area (Å²) in [4.78, 5) is 17.4. The molecule has 1 aliphatic heterocycles. The van der Waals surface area contributed by atoms with Gasteiger partial charge in [-0.3, -0.25) is 9.78 Å². The van der Waals surface area contributed by atoms with Gasteiger partial charge in [-0.05, 0) is 43.5 Å². The Bertz CT molecular complexity index is 1130. The number of aromatic nitrogens is 4. The zero-order chi connectivity index (χ0) is 16.1. The highest BCUT2D eigenvalue weighted by Crippen LogP contribution is 2.25. The summed E-state index contributed by atoms with van der Waals surface area (Å²) in [5.41, 5.74) is 2.81. The molecule has 4 aromatic rings. The van der Waals surface area contributed by atoms with Crippen molar-refractivity contribution in [3.8, 4) is 5.69 Å². The van der Waals surface area contributed by atoms with Gasteiger partial charge in [-0.2, -0.15) is 9.78 Å². The lowest BCUT2D eigenvalue weighted by molar-refractivity contribution is 0.536. The molecule has 1 aromatic carbocycles. The normalized spacial score (nSPS) is 14.2. The molecule has 0 amide bonds. The molecule has 0 fully saturated rings. The van der Waals surface area contributed by atoms with Crippen LogP contribution < -0.4 is 5.56 Å². The Kier molecular flexibility index (Phi) is 2.82. The van der Waals surface area contributed by atoms with Gasteiger partial charge in [0.05, 0.1) is 22.8 Å². The van der Waals surface area contributed by atoms with Crippen LogP contribution in [0.15, 0.2) is 53.7 Å². The lowest BCUT2D eigenvalue weighted by Crippen LogP contribution is -2.20. The van der Waals surface area contributed by atoms with Crippen LogP contribution >= 0.6 is 0 Å². The van der Waals surface area contributed by atoms with Crippen molar-refractivity contribution in [1.29, 1.82) is 0 Å². The topological polar surface area (TPSA) is 52.7 Å². The second kappa shape index (κ2) is 5.03. The van der Waals surface area contributed by atoms with E-state index in [9.17, 15) is 4.79 Å². The first-order valence-electron chi connectivity index (χ1n) is 8.27. The highest BCUT2D eigenvalue weighted by molar-refractivity contribution is 5.88. The third kappa shape index (κ3) is 1.84. The van der Waals surface area contributed by atoms with E-state index in [1.54, 1.807) is 6.20 Å². The van der Waals surface area contributed by atoms with Crippen molar-refractivity contribution in [3.63, 3.8) is 0 Å². The number of fused-ring (bicyclic) bond motifs is 4. The predicted molar refractivity (Wildman–Crippen MR) is 93.6 cm³/mol. The van der Waals surface area contributed by atoms with Crippen molar-refractivity contribution in [2.75, 3.05) is 0 Å². The maximum atomic E-state index is 13.1. The van der Waals surface area contributed by atoms with Crippen LogP contribution in [-0.2, 0) is 13.0 Å². The number of pyridine rings is 1. The van der Waals surface area contributed by atoms with Gasteiger partial charge < -0.3 is 4.57 Å². The summed E-state index contributed by atoms with van der Waals surface area (Å²) in [6.07, 6.45) is 8.96. The van der Waals surface area contributed by atoms with Gasteiger partial charge in [-0.15, -0.1) is 0 Å². The van der Waals surface area contributed by atoms with Gasteiger partial charge in [0.2, 0.25) is 0 Å². The van der Waals surface area contributed by atoms with Crippen molar-refractivity contribution >= 4 is 21.7 Å². The summed E-state index contributed by atoms with van der Waals surface area (Å²) in [5.74, 6) is 0. The fourth-order valence-corrected chi connectivity index (χ4v) is 3.71. The first kappa shape index (κ1) is 13.5. The molecule has 0 saturated heterocycles. The van der Waals surface area contributed by atoms with Crippen LogP contribution in [0.4, 0.5) is 0 Å². The summed E-state index contributed by atoms with van der Waals surface area (Å²) in [5, 5.41) is 7.15. The lowest BCUT2D eigenvalue weighted by Gasteiger charge is -2.14. The highest BCUT2D eigenvalue weighted by Gasteiger charge is 2.17. The molecule has 0 unspecified atom stereocenters. The van der Waals surface area contributed by atoms with Crippen molar-refractivity contribution in [2.45, 2.75) is 25.8 Å². The quantitative estimate of drug-likeness (QED) is 0.542. The molecule has 5 heteroatoms. The van der Waals surface area contributed by atoms with E-state index in [-0.39, 0.29) is 5.56 Å². The second-order valence-corrected chi connectivity index (χ2v) is 6.26. The lowest BCUT2D eigenvalue weighted by atomic mass is 10.1. The fourth-order valence-electron chi connectivity index (χ4n) is 3.71. The van der Waals surface area contributed by atoms with Crippen LogP contribution in [0.5, 0.6) is 0 Å². The van der Waals surface area contributed by atoms with Gasteiger partial charge in [0.25, 0.3) is 5.56 Å². The highest BCUT2D eigenvalue weighted by atomic mass is 16.1. The Morgan fingerprint density at radius 1 is 1.00 bits per heavy atom. The summed E-state index contributed by atoms with van der Waals surface area (Å²) >= 11 is 0. The molecule has 0 radical (unpaired) electrons. The largest absolute Gasteiger partial charge is 0.350 e. The monoisotopic (exact) mass is 316 g/mol. The maximum Gasteiger partial charge on any atom is 0.280 e. The van der Waals surface area contributed by atoms with Crippen molar-refractivity contribution in [2.24, 2.45) is 0 Å². The van der Waals surface area contributed by atoms with E-state index in [1.807, 2.05) is 42.7 Å². The zero-order valence-electron chi connectivity index (χ0n) is 13.1. The number of nitrogens with zero attached hydrogens (tertiary/aromatic N) is 4. The summed E-state index contributed by atoms with van der Waals surface area (Å²) in [6.45, 7) is 0.988. The van der Waals surface area contributed by atoms with E-state index in [1.165, 1.54) is 23.2 Å². The number of hydrogen-bond acceptors (Lipinski definition) is 3. The van der Waals surface area contributed by atoms with Crippen LogP contribution in [0.3, 0.4) is 0 Å². The van der Waals surface area contributed by atoms with Crippen molar-refractivity contribution in [3.05, 3.63) is 65.0 Å². The Labute approximate surface area is 138 Å². The minimum absolute atomic E-state index is 0.0641. The van der Waals surface area contributed by atoms with E-state index >= 15 is 0 Å². The smallest absolute Gasteiger partial charge is 0.280 e. The van der Waals surface area contributed by atoms with Gasteiger partial charge in [-0.1, -0.05) is 6.07 Å². The summed E-state index contributed by atoms with van der Waals surface area (Å²) in [7, 11) is 0. The average Bonchev–Trinajstić information content (AvgIpc) is 3.02. The standard InChI is InChI=1S/C19H16N4O/c24-19-15-12-22-10-2-1-7-17(22)14(15)11-21-23(19)18-8-3-6-16-13(18)5-4-9-20-16/h3-6,8-9,11-12H,1-2,7,10H2. The number of aryl methyl sites for hydroxylation is 2. The Morgan fingerprint density at radius 2 is 1.96 bits per heavy atom. The zero-order valence-corrected chi connectivity index (χ0v) is 13.1. The van der Waals surface area contributed by atoms with Gasteiger partial charge >= 0.3 is 0 Å². The summed E-state index contributed by atoms with van der Waals surface area (Å²) < 4.78 is 3.71. The minimum atomic E-state index is -0.0641. The number of rotatable bonds is 1. The second-order valence-electron chi connectivity index (χ2n) is 6.26. The van der Waals surface area contributed by atoms with Gasteiger partial charge in [0, 0.05) is 35.4 Å². The van der Waals surface area contributed by atoms with Gasteiger partial charge in [0.15, 0.2) is 0 Å². The molecule has 5 nitrogen and oxygen atoms in total. The molecule has 0 saturated carbocycles. The molecule has 5 rings (SSSR count). The van der Waals surface area contributed by atoms with Crippen LogP contribution in [0, 0.1) is 0 Å². The van der Waals surface area contributed by atoms with Crippen LogP contribution in [0.25, 0.3) is 27.4 Å². The molecule has 3 aromatic heterocycles. The molecular weight excluding hydrogens is 300 g/mol. The molecular formula is C19H16N4O. The predicted octanol–water partition coefficient (Wildman–Crippen LogP) is 3.07. The van der Waals surface area contributed by atoms with Crippen LogP contribution in [-0.4, -0.2) is 19.3 Å². The van der Waals surface area contributed by atoms with Crippen molar-refractivity contribution in [1.82, 2.24) is 19.3 Å². The third-order valence-corrected chi connectivity index (χ3v) is 4.87. The fraction of sp³-hybridized carbons (Fsp3) is 0.211. The molecule has 1 aliphatic rings. The molecule has 4 heterocycles. The first-order chi connectivity index (χ1) is 11.8. The molecule has 0 N–H and O–H groups in total. The third-order valence-electron chi connectivity index (χ3n) is 4.87. The van der Waals surface area contributed by atoms with E-state index in [0.29, 0.717) is 0 Å². The molecule has 0 spiro atoms. The Balaban J connectivity index is 1.81.